The van der Waals surface area contributed by atoms with Crippen molar-refractivity contribution in [2.24, 2.45) is 5.92 Å². The number of benzene rings is 4. The van der Waals surface area contributed by atoms with Gasteiger partial charge in [-0.25, -0.2) is 4.57 Å². The lowest BCUT2D eigenvalue weighted by Crippen LogP contribution is -2.15. The highest BCUT2D eigenvalue weighted by Gasteiger charge is 2.19. The summed E-state index contributed by atoms with van der Waals surface area (Å²) in [6.45, 7) is 0.622. The molecule has 1 fully saturated rings. The topological polar surface area (TPSA) is 126 Å². The first-order valence-corrected chi connectivity index (χ1v) is 16.6. The van der Waals surface area contributed by atoms with Crippen LogP contribution in [-0.2, 0) is 17.5 Å². The molecule has 0 aromatic heterocycles. The third-order valence-corrected chi connectivity index (χ3v) is 8.49. The van der Waals surface area contributed by atoms with E-state index in [9.17, 15) is 9.36 Å². The van der Waals surface area contributed by atoms with Crippen molar-refractivity contribution in [3.63, 3.8) is 0 Å². The monoisotopic (exact) mass is 630 g/mol. The van der Waals surface area contributed by atoms with E-state index in [1.807, 2.05) is 30.3 Å². The number of hydrogen-bond donors (Lipinski definition) is 4. The third-order valence-electron chi connectivity index (χ3n) is 8.04. The molecule has 0 radical (unpaired) electrons. The van der Waals surface area contributed by atoms with Gasteiger partial charge in [-0.05, 0) is 77.1 Å². The summed E-state index contributed by atoms with van der Waals surface area (Å²) in [6, 6.07) is 25.9. The number of phosphoric acid groups is 1. The van der Waals surface area contributed by atoms with E-state index < -0.39 is 7.82 Å². The predicted molar refractivity (Wildman–Crippen MR) is 176 cm³/mol. The molecule has 236 valence electrons. The number of rotatable bonds is 12. The van der Waals surface area contributed by atoms with Gasteiger partial charge in [0.2, 0.25) is 0 Å². The Morgan fingerprint density at radius 3 is 2.20 bits per heavy atom. The summed E-state index contributed by atoms with van der Waals surface area (Å²) >= 11 is 0. The fourth-order valence-electron chi connectivity index (χ4n) is 5.74. The Balaban J connectivity index is 1.31. The van der Waals surface area contributed by atoms with Crippen molar-refractivity contribution >= 4 is 25.1 Å². The van der Waals surface area contributed by atoms with Crippen LogP contribution < -0.4 is 24.6 Å². The highest BCUT2D eigenvalue weighted by Crippen LogP contribution is 2.38. The maximum Gasteiger partial charge on any atom is 0.524 e. The highest BCUT2D eigenvalue weighted by atomic mass is 31.2. The number of carbonyl (C=O) groups excluding carboxylic acids is 1. The summed E-state index contributed by atoms with van der Waals surface area (Å²) in [4.78, 5) is 31.5. The first-order valence-electron chi connectivity index (χ1n) is 15.0. The zero-order valence-electron chi connectivity index (χ0n) is 25.5. The molecule has 4 aromatic carbocycles. The largest absolute Gasteiger partial charge is 0.524 e. The van der Waals surface area contributed by atoms with Crippen molar-refractivity contribution in [1.29, 1.82) is 0 Å². The van der Waals surface area contributed by atoms with Gasteiger partial charge in [-0.15, -0.1) is 0 Å². The molecule has 0 unspecified atom stereocenters. The van der Waals surface area contributed by atoms with Crippen LogP contribution in [-0.4, -0.2) is 29.9 Å². The number of amides is 1. The quantitative estimate of drug-likeness (QED) is 0.117. The normalized spacial score (nSPS) is 13.6. The van der Waals surface area contributed by atoms with Gasteiger partial charge in [-0.3, -0.25) is 14.6 Å². The van der Waals surface area contributed by atoms with E-state index in [0.29, 0.717) is 23.7 Å². The molecule has 0 spiro atoms. The second-order valence-electron chi connectivity index (χ2n) is 11.3. The Bertz CT molecular complexity index is 1640. The maximum atomic E-state index is 13.2. The molecule has 1 aliphatic rings. The standard InChI is InChI=1S/C35H39N2O7P/c1-42-32-19-28(20-33(22-32)43-2)26-13-11-25(12-14-26)23-36-34-16-15-27(18-29(34)17-24-7-4-3-5-8-24)35(38)37-30-9-6-10-31(21-30)44-45(39,40)41/h6,9-16,18-22,24,36H,3-5,7-8,17,23H2,1-2H3,(H,37,38)(H2,39,40,41). The molecule has 5 rings (SSSR count). The number of nitrogens with one attached hydrogen (secondary N) is 2. The molecule has 0 aliphatic heterocycles. The summed E-state index contributed by atoms with van der Waals surface area (Å²) in [5, 5.41) is 6.42. The molecule has 0 heterocycles. The van der Waals surface area contributed by atoms with Crippen molar-refractivity contribution in [3.05, 3.63) is 102 Å². The Morgan fingerprint density at radius 2 is 1.53 bits per heavy atom. The maximum absolute atomic E-state index is 13.2. The summed E-state index contributed by atoms with van der Waals surface area (Å²) in [5.74, 6) is 1.69. The minimum atomic E-state index is -4.71. The zero-order chi connectivity index (χ0) is 31.8. The van der Waals surface area contributed by atoms with Gasteiger partial charge in [0.05, 0.1) is 14.2 Å². The summed E-state index contributed by atoms with van der Waals surface area (Å²) in [5.41, 5.74) is 6.16. The van der Waals surface area contributed by atoms with Crippen LogP contribution in [0.2, 0.25) is 0 Å². The second kappa shape index (κ2) is 14.7. The summed E-state index contributed by atoms with van der Waals surface area (Å²) in [7, 11) is -1.43. The van der Waals surface area contributed by atoms with E-state index in [4.69, 9.17) is 19.3 Å². The lowest BCUT2D eigenvalue weighted by Gasteiger charge is -2.23. The smallest absolute Gasteiger partial charge is 0.497 e. The SMILES string of the molecule is COc1cc(OC)cc(-c2ccc(CNc3ccc(C(=O)Nc4cccc(OP(=O)(O)O)c4)cc3CC3CCCCC3)cc2)c1. The van der Waals surface area contributed by atoms with Gasteiger partial charge in [0.1, 0.15) is 17.2 Å². The van der Waals surface area contributed by atoms with E-state index in [1.165, 1.54) is 44.2 Å². The van der Waals surface area contributed by atoms with Gasteiger partial charge in [-0.2, -0.15) is 0 Å². The number of ether oxygens (including phenoxy) is 2. The molecule has 10 heteroatoms. The molecule has 1 saturated carbocycles. The van der Waals surface area contributed by atoms with Crippen molar-refractivity contribution in [1.82, 2.24) is 0 Å². The fraction of sp³-hybridized carbons (Fsp3) is 0.286. The third kappa shape index (κ3) is 9.11. The molecule has 4 N–H and O–H groups in total. The Labute approximate surface area is 263 Å². The van der Waals surface area contributed by atoms with Gasteiger partial charge in [0, 0.05) is 35.6 Å². The molecular formula is C35H39N2O7P. The predicted octanol–water partition coefficient (Wildman–Crippen LogP) is 7.83. The van der Waals surface area contributed by atoms with Crippen molar-refractivity contribution in [3.8, 4) is 28.4 Å². The molecule has 45 heavy (non-hydrogen) atoms. The van der Waals surface area contributed by atoms with Gasteiger partial charge >= 0.3 is 7.82 Å². The summed E-state index contributed by atoms with van der Waals surface area (Å²) in [6.07, 6.45) is 6.97. The molecule has 0 bridgehead atoms. The average Bonchev–Trinajstić information content (AvgIpc) is 3.04. The molecule has 4 aromatic rings. The van der Waals surface area contributed by atoms with E-state index in [0.717, 1.165) is 45.9 Å². The van der Waals surface area contributed by atoms with Crippen molar-refractivity contribution < 1.29 is 33.1 Å². The Kier molecular flexibility index (Phi) is 10.5. The molecular weight excluding hydrogens is 591 g/mol. The van der Waals surface area contributed by atoms with Crippen LogP contribution in [0.25, 0.3) is 11.1 Å². The number of methoxy groups -OCH3 is 2. The molecule has 1 aliphatic carbocycles. The van der Waals surface area contributed by atoms with Crippen molar-refractivity contribution in [2.45, 2.75) is 45.1 Å². The second-order valence-corrected chi connectivity index (χ2v) is 12.5. The van der Waals surface area contributed by atoms with E-state index >= 15 is 0 Å². The van der Waals surface area contributed by atoms with Crippen LogP contribution in [0.1, 0.15) is 53.6 Å². The van der Waals surface area contributed by atoms with Crippen molar-refractivity contribution in [2.75, 3.05) is 24.9 Å². The zero-order valence-corrected chi connectivity index (χ0v) is 26.4. The molecule has 9 nitrogen and oxygen atoms in total. The first kappa shape index (κ1) is 32.1. The number of phosphoric ester groups is 1. The Hall–Kier alpha value is -4.30. The van der Waals surface area contributed by atoms with Crippen LogP contribution >= 0.6 is 7.82 Å². The van der Waals surface area contributed by atoms with Crippen LogP contribution in [0, 0.1) is 5.92 Å². The van der Waals surface area contributed by atoms with Gasteiger partial charge in [0.25, 0.3) is 5.91 Å². The number of carbonyl (C=O) groups is 1. The highest BCUT2D eigenvalue weighted by molar-refractivity contribution is 7.46. The molecule has 0 saturated heterocycles. The lowest BCUT2D eigenvalue weighted by atomic mass is 9.84. The molecule has 0 atom stereocenters. The first-order chi connectivity index (χ1) is 21.7. The van der Waals surface area contributed by atoms with Gasteiger partial charge in [-0.1, -0.05) is 62.4 Å². The molecule has 1 amide bonds. The minimum absolute atomic E-state index is 0.0325. The average molecular weight is 631 g/mol. The summed E-state index contributed by atoms with van der Waals surface area (Å²) < 4.78 is 26.7. The number of hydrogen-bond acceptors (Lipinski definition) is 6. The Morgan fingerprint density at radius 1 is 0.822 bits per heavy atom. The number of anilines is 2. The lowest BCUT2D eigenvalue weighted by molar-refractivity contribution is 0.102. The van der Waals surface area contributed by atoms with Crippen LogP contribution in [0.4, 0.5) is 11.4 Å². The van der Waals surface area contributed by atoms with Crippen LogP contribution in [0.15, 0.2) is 84.9 Å². The van der Waals surface area contributed by atoms with Crippen LogP contribution in [0.5, 0.6) is 17.2 Å². The fourth-order valence-corrected chi connectivity index (χ4v) is 6.12. The van der Waals surface area contributed by atoms with Gasteiger partial charge < -0.3 is 24.6 Å². The van der Waals surface area contributed by atoms with Gasteiger partial charge in [0.15, 0.2) is 0 Å². The van der Waals surface area contributed by atoms with E-state index in [2.05, 4.69) is 39.4 Å². The minimum Gasteiger partial charge on any atom is -0.497 e. The van der Waals surface area contributed by atoms with Crippen LogP contribution in [0.3, 0.4) is 0 Å². The van der Waals surface area contributed by atoms with E-state index in [-0.39, 0.29) is 11.7 Å². The van der Waals surface area contributed by atoms with E-state index in [1.54, 1.807) is 32.4 Å².